The lowest BCUT2D eigenvalue weighted by molar-refractivity contribution is 0.208. The summed E-state index contributed by atoms with van der Waals surface area (Å²) in [4.78, 5) is 0.187. The number of hydrogen-bond donors (Lipinski definition) is 0. The Kier molecular flexibility index (Phi) is 6.39. The summed E-state index contributed by atoms with van der Waals surface area (Å²) in [6.45, 7) is 9.01. The molecule has 0 atom stereocenters. The van der Waals surface area contributed by atoms with Crippen molar-refractivity contribution in [2.45, 2.75) is 32.1 Å². The minimum Gasteiger partial charge on any atom is -0.363 e. The van der Waals surface area contributed by atoms with Gasteiger partial charge in [0.05, 0.1) is 4.90 Å². The molecular weight excluding hydrogens is 352 g/mol. The minimum atomic E-state index is -3.92. The normalized spacial score (nSPS) is 12.2. The van der Waals surface area contributed by atoms with E-state index in [1.807, 2.05) is 19.1 Å². The summed E-state index contributed by atoms with van der Waals surface area (Å²) in [5.41, 5.74) is 2.17. The number of ether oxygens (including phenoxy) is 1. The highest BCUT2D eigenvalue weighted by Crippen LogP contribution is 2.32. The molecule has 2 rings (SSSR count). The Balaban J connectivity index is 2.67. The molecule has 0 bridgehead atoms. The van der Waals surface area contributed by atoms with Crippen LogP contribution in [-0.4, -0.2) is 27.4 Å². The highest BCUT2D eigenvalue weighted by atomic mass is 32.2. The first kappa shape index (κ1) is 19.9. The Labute approximate surface area is 154 Å². The predicted molar refractivity (Wildman–Crippen MR) is 102 cm³/mol. The van der Waals surface area contributed by atoms with Crippen molar-refractivity contribution in [1.82, 2.24) is 5.16 Å². The fourth-order valence-electron chi connectivity index (χ4n) is 2.62. The highest BCUT2D eigenvalue weighted by molar-refractivity contribution is 7.92. The number of hydrogen-bond acceptors (Lipinski definition) is 5. The molecule has 6 nitrogen and oxygen atoms in total. The summed E-state index contributed by atoms with van der Waals surface area (Å²) in [7, 11) is -2.48. The van der Waals surface area contributed by atoms with Crippen LogP contribution < -0.4 is 4.31 Å². The third-order valence-corrected chi connectivity index (χ3v) is 5.89. The number of allylic oxidation sites excluding steroid dienone is 3. The average molecular weight is 376 g/mol. The predicted octanol–water partition coefficient (Wildman–Crippen LogP) is 4.07. The van der Waals surface area contributed by atoms with Crippen molar-refractivity contribution >= 4 is 21.4 Å². The minimum absolute atomic E-state index is 0.171. The summed E-state index contributed by atoms with van der Waals surface area (Å²) in [5.74, 6) is 0.787. The van der Waals surface area contributed by atoms with Crippen LogP contribution in [0.1, 0.15) is 30.2 Å². The quantitative estimate of drug-likeness (QED) is 0.513. The number of methoxy groups -OCH3 is 1. The van der Waals surface area contributed by atoms with Crippen LogP contribution in [0.25, 0.3) is 5.57 Å². The Morgan fingerprint density at radius 3 is 2.58 bits per heavy atom. The molecular formula is C19H24N2O4S. The number of aryl methyl sites for hydroxylation is 1. The van der Waals surface area contributed by atoms with Crippen LogP contribution in [0.5, 0.6) is 0 Å². The molecule has 2 aromatic rings. The fraction of sp³-hybridized carbons (Fsp3) is 0.316. The molecule has 1 aromatic carbocycles. The largest absolute Gasteiger partial charge is 0.363 e. The van der Waals surface area contributed by atoms with Crippen LogP contribution in [0.4, 0.5) is 5.82 Å². The number of rotatable bonds is 8. The van der Waals surface area contributed by atoms with E-state index in [2.05, 4.69) is 11.7 Å². The molecule has 1 aromatic heterocycles. The van der Waals surface area contributed by atoms with Gasteiger partial charge in [-0.25, -0.2) is 12.7 Å². The number of aromatic nitrogens is 1. The van der Waals surface area contributed by atoms with Crippen molar-refractivity contribution < 1.29 is 17.7 Å². The van der Waals surface area contributed by atoms with Gasteiger partial charge in [0, 0.05) is 12.7 Å². The van der Waals surface area contributed by atoms with Crippen LogP contribution in [0.15, 0.2) is 52.4 Å². The zero-order chi connectivity index (χ0) is 19.3. The number of anilines is 1. The Hall–Kier alpha value is -2.38. The lowest BCUT2D eigenvalue weighted by Gasteiger charge is -2.23. The van der Waals surface area contributed by atoms with Crippen LogP contribution in [0, 0.1) is 13.8 Å². The first-order valence-electron chi connectivity index (χ1n) is 8.24. The standard InChI is InChI=1S/C19H24N2O4S/c1-6-10-16(7-2)17-11-8-9-12-18(17)26(22,23)21(13-24-5)19-14(3)15(4)25-20-19/h6,8-12H,1,7,13H2,2-5H3/b16-10+. The van der Waals surface area contributed by atoms with Crippen molar-refractivity contribution in [2.24, 2.45) is 0 Å². The molecule has 0 fully saturated rings. The van der Waals surface area contributed by atoms with E-state index in [1.54, 1.807) is 38.1 Å². The van der Waals surface area contributed by atoms with Gasteiger partial charge in [0.25, 0.3) is 10.0 Å². The topological polar surface area (TPSA) is 72.6 Å². The smallest absolute Gasteiger partial charge is 0.268 e. The molecule has 0 unspecified atom stereocenters. The van der Waals surface area contributed by atoms with E-state index in [0.717, 1.165) is 9.88 Å². The van der Waals surface area contributed by atoms with Gasteiger partial charge >= 0.3 is 0 Å². The zero-order valence-corrected chi connectivity index (χ0v) is 16.3. The van der Waals surface area contributed by atoms with Crippen LogP contribution in [0.3, 0.4) is 0 Å². The number of sulfonamides is 1. The van der Waals surface area contributed by atoms with Crippen molar-refractivity contribution in [1.29, 1.82) is 0 Å². The van der Waals surface area contributed by atoms with Gasteiger partial charge in [0.15, 0.2) is 5.82 Å². The maximum Gasteiger partial charge on any atom is 0.268 e. The lowest BCUT2D eigenvalue weighted by Crippen LogP contribution is -2.34. The van der Waals surface area contributed by atoms with E-state index in [-0.39, 0.29) is 17.4 Å². The Morgan fingerprint density at radius 2 is 2.04 bits per heavy atom. The molecule has 0 radical (unpaired) electrons. The van der Waals surface area contributed by atoms with Gasteiger partial charge in [-0.05, 0) is 37.5 Å². The Morgan fingerprint density at radius 1 is 1.35 bits per heavy atom. The second-order valence-corrected chi connectivity index (χ2v) is 7.57. The molecule has 0 spiro atoms. The van der Waals surface area contributed by atoms with Crippen molar-refractivity contribution in [3.05, 3.63) is 59.9 Å². The maximum atomic E-state index is 13.4. The van der Waals surface area contributed by atoms with Gasteiger partial charge in [-0.15, -0.1) is 0 Å². The molecule has 0 aliphatic heterocycles. The first-order chi connectivity index (χ1) is 12.4. The van der Waals surface area contributed by atoms with Crippen molar-refractivity contribution in [3.63, 3.8) is 0 Å². The molecule has 26 heavy (non-hydrogen) atoms. The third-order valence-electron chi connectivity index (χ3n) is 4.12. The second-order valence-electron chi connectivity index (χ2n) is 5.74. The van der Waals surface area contributed by atoms with E-state index < -0.39 is 10.0 Å². The van der Waals surface area contributed by atoms with Gasteiger partial charge < -0.3 is 9.26 Å². The van der Waals surface area contributed by atoms with Gasteiger partial charge in [0.2, 0.25) is 0 Å². The molecule has 0 aliphatic rings. The van der Waals surface area contributed by atoms with Gasteiger partial charge in [-0.3, -0.25) is 0 Å². The van der Waals surface area contributed by atoms with E-state index in [1.165, 1.54) is 7.11 Å². The monoisotopic (exact) mass is 376 g/mol. The van der Waals surface area contributed by atoms with Crippen molar-refractivity contribution in [2.75, 3.05) is 18.1 Å². The molecule has 0 aliphatic carbocycles. The van der Waals surface area contributed by atoms with E-state index >= 15 is 0 Å². The summed E-state index contributed by atoms with van der Waals surface area (Å²) >= 11 is 0. The van der Waals surface area contributed by atoms with Crippen LogP contribution in [-0.2, 0) is 14.8 Å². The van der Waals surface area contributed by atoms with Crippen LogP contribution in [0.2, 0.25) is 0 Å². The molecule has 0 saturated carbocycles. The zero-order valence-electron chi connectivity index (χ0n) is 15.5. The SMILES string of the molecule is C=C/C=C(\CC)c1ccccc1S(=O)(=O)N(COC)c1noc(C)c1C. The van der Waals surface area contributed by atoms with Crippen LogP contribution >= 0.6 is 0 Å². The summed E-state index contributed by atoms with van der Waals surface area (Å²) in [6, 6.07) is 6.89. The van der Waals surface area contributed by atoms with E-state index in [9.17, 15) is 8.42 Å². The number of nitrogens with zero attached hydrogens (tertiary/aromatic N) is 2. The third kappa shape index (κ3) is 3.73. The van der Waals surface area contributed by atoms with E-state index in [4.69, 9.17) is 9.26 Å². The lowest BCUT2D eigenvalue weighted by atomic mass is 10.0. The summed E-state index contributed by atoms with van der Waals surface area (Å²) in [6.07, 6.45) is 4.14. The molecule has 7 heteroatoms. The van der Waals surface area contributed by atoms with Crippen molar-refractivity contribution in [3.8, 4) is 0 Å². The number of benzene rings is 1. The van der Waals surface area contributed by atoms with Gasteiger partial charge in [-0.2, -0.15) is 0 Å². The molecule has 0 amide bonds. The molecule has 1 heterocycles. The van der Waals surface area contributed by atoms with E-state index in [0.29, 0.717) is 23.3 Å². The summed E-state index contributed by atoms with van der Waals surface area (Å²) in [5, 5.41) is 3.92. The Bertz CT molecular complexity index is 913. The molecule has 0 N–H and O–H groups in total. The first-order valence-corrected chi connectivity index (χ1v) is 9.68. The average Bonchev–Trinajstić information content (AvgIpc) is 2.96. The molecule has 140 valence electrons. The fourth-order valence-corrected chi connectivity index (χ4v) is 4.22. The van der Waals surface area contributed by atoms with Gasteiger partial charge in [0.1, 0.15) is 12.5 Å². The summed E-state index contributed by atoms with van der Waals surface area (Å²) < 4.78 is 38.3. The highest BCUT2D eigenvalue weighted by Gasteiger charge is 2.31. The maximum absolute atomic E-state index is 13.4. The molecule has 0 saturated heterocycles. The second kappa shape index (κ2) is 8.33. The van der Waals surface area contributed by atoms with Gasteiger partial charge in [-0.1, -0.05) is 49.0 Å².